The van der Waals surface area contributed by atoms with Gasteiger partial charge in [0.15, 0.2) is 5.16 Å². The third-order valence-corrected chi connectivity index (χ3v) is 6.43. The molecule has 0 unspecified atom stereocenters. The van der Waals surface area contributed by atoms with E-state index in [0.717, 1.165) is 10.9 Å². The van der Waals surface area contributed by atoms with Gasteiger partial charge in [-0.15, -0.1) is 0 Å². The van der Waals surface area contributed by atoms with Crippen molar-refractivity contribution >= 4 is 48.6 Å². The maximum Gasteiger partial charge on any atom is 0.262 e. The standard InChI is InChI=1S/C15H20BrN3O3S2/c1-3-7-19-14(20)12-10-11(16)5-6-13(12)18-15(19)23-8-4-9-24(21,22)17-2/h5-6,10,17H,3-4,7-9H2,1-2H3. The minimum absolute atomic E-state index is 0.0616. The molecule has 0 bridgehead atoms. The largest absolute Gasteiger partial charge is 0.287 e. The second kappa shape index (κ2) is 8.46. The first-order valence-corrected chi connectivity index (χ1v) is 11.0. The van der Waals surface area contributed by atoms with E-state index in [-0.39, 0.29) is 11.3 Å². The maximum absolute atomic E-state index is 12.7. The molecule has 6 nitrogen and oxygen atoms in total. The summed E-state index contributed by atoms with van der Waals surface area (Å²) in [6, 6.07) is 5.45. The number of fused-ring (bicyclic) bond motifs is 1. The van der Waals surface area contributed by atoms with E-state index in [0.29, 0.717) is 34.8 Å². The average molecular weight is 434 g/mol. The van der Waals surface area contributed by atoms with Gasteiger partial charge in [-0.2, -0.15) is 0 Å². The van der Waals surface area contributed by atoms with Crippen LogP contribution in [0.2, 0.25) is 0 Å². The first-order valence-electron chi connectivity index (χ1n) is 7.62. The Labute approximate surface area is 154 Å². The smallest absolute Gasteiger partial charge is 0.262 e. The molecule has 0 aliphatic heterocycles. The molecule has 2 rings (SSSR count). The molecule has 2 aromatic rings. The number of nitrogens with zero attached hydrogens (tertiary/aromatic N) is 2. The van der Waals surface area contributed by atoms with Crippen LogP contribution in [0.25, 0.3) is 10.9 Å². The lowest BCUT2D eigenvalue weighted by Gasteiger charge is -2.12. The average Bonchev–Trinajstić information content (AvgIpc) is 2.55. The van der Waals surface area contributed by atoms with Gasteiger partial charge in [0.2, 0.25) is 10.0 Å². The van der Waals surface area contributed by atoms with Crippen molar-refractivity contribution in [1.82, 2.24) is 14.3 Å². The van der Waals surface area contributed by atoms with Crippen LogP contribution in [0.1, 0.15) is 19.8 Å². The van der Waals surface area contributed by atoms with E-state index in [2.05, 4.69) is 25.6 Å². The van der Waals surface area contributed by atoms with Crippen LogP contribution in [-0.4, -0.2) is 36.5 Å². The molecule has 0 aliphatic rings. The Morgan fingerprint density at radius 1 is 1.38 bits per heavy atom. The van der Waals surface area contributed by atoms with Gasteiger partial charge in [-0.05, 0) is 38.1 Å². The van der Waals surface area contributed by atoms with Gasteiger partial charge >= 0.3 is 0 Å². The van der Waals surface area contributed by atoms with E-state index in [4.69, 9.17) is 0 Å². The highest BCUT2D eigenvalue weighted by molar-refractivity contribution is 9.10. The monoisotopic (exact) mass is 433 g/mol. The molecular weight excluding hydrogens is 414 g/mol. The fourth-order valence-electron chi connectivity index (χ4n) is 2.22. The molecule has 0 radical (unpaired) electrons. The summed E-state index contributed by atoms with van der Waals surface area (Å²) < 4.78 is 27.7. The topological polar surface area (TPSA) is 81.1 Å². The molecule has 132 valence electrons. The molecule has 0 saturated heterocycles. The molecule has 9 heteroatoms. The van der Waals surface area contributed by atoms with Crippen molar-refractivity contribution in [2.24, 2.45) is 0 Å². The molecule has 1 aromatic carbocycles. The normalized spacial score (nSPS) is 12.0. The van der Waals surface area contributed by atoms with Crippen molar-refractivity contribution in [3.63, 3.8) is 0 Å². The molecule has 0 saturated carbocycles. The molecule has 24 heavy (non-hydrogen) atoms. The highest BCUT2D eigenvalue weighted by Crippen LogP contribution is 2.21. The second-order valence-electron chi connectivity index (χ2n) is 5.24. The summed E-state index contributed by atoms with van der Waals surface area (Å²) in [7, 11) is -1.79. The summed E-state index contributed by atoms with van der Waals surface area (Å²) >= 11 is 4.80. The number of halogens is 1. The summed E-state index contributed by atoms with van der Waals surface area (Å²) in [6.07, 6.45) is 1.32. The van der Waals surface area contributed by atoms with Crippen LogP contribution in [0.4, 0.5) is 0 Å². The lowest BCUT2D eigenvalue weighted by Crippen LogP contribution is -2.24. The number of nitrogens with one attached hydrogen (secondary N) is 1. The van der Waals surface area contributed by atoms with E-state index < -0.39 is 10.0 Å². The minimum atomic E-state index is -3.20. The zero-order chi connectivity index (χ0) is 17.7. The van der Waals surface area contributed by atoms with Gasteiger partial charge in [-0.3, -0.25) is 9.36 Å². The van der Waals surface area contributed by atoms with Gasteiger partial charge in [0.05, 0.1) is 16.7 Å². The molecule has 1 heterocycles. The van der Waals surface area contributed by atoms with Crippen molar-refractivity contribution < 1.29 is 8.42 Å². The number of hydrogen-bond donors (Lipinski definition) is 1. The maximum atomic E-state index is 12.7. The van der Waals surface area contributed by atoms with E-state index in [9.17, 15) is 13.2 Å². The Morgan fingerprint density at radius 3 is 2.79 bits per heavy atom. The van der Waals surface area contributed by atoms with Crippen molar-refractivity contribution in [3.05, 3.63) is 33.0 Å². The van der Waals surface area contributed by atoms with Crippen LogP contribution in [0.15, 0.2) is 32.6 Å². The second-order valence-corrected chi connectivity index (χ2v) is 9.26. The van der Waals surface area contributed by atoms with Gasteiger partial charge in [0, 0.05) is 16.8 Å². The lowest BCUT2D eigenvalue weighted by atomic mass is 10.2. The van der Waals surface area contributed by atoms with Gasteiger partial charge in [-0.1, -0.05) is 34.6 Å². The summed E-state index contributed by atoms with van der Waals surface area (Å²) in [5.74, 6) is 0.647. The number of sulfonamides is 1. The van der Waals surface area contributed by atoms with Crippen LogP contribution >= 0.6 is 27.7 Å². The number of aromatic nitrogens is 2. The number of benzene rings is 1. The number of hydrogen-bond acceptors (Lipinski definition) is 5. The van der Waals surface area contributed by atoms with Crippen LogP contribution < -0.4 is 10.3 Å². The Morgan fingerprint density at radius 2 is 2.12 bits per heavy atom. The highest BCUT2D eigenvalue weighted by atomic mass is 79.9. The predicted octanol–water partition coefficient (Wildman–Crippen LogP) is 2.60. The van der Waals surface area contributed by atoms with Crippen LogP contribution in [-0.2, 0) is 16.6 Å². The molecule has 0 aliphatic carbocycles. The molecule has 0 fully saturated rings. The molecule has 0 atom stereocenters. The summed E-state index contributed by atoms with van der Waals surface area (Å²) in [6.45, 7) is 2.59. The van der Waals surface area contributed by atoms with Crippen molar-refractivity contribution in [1.29, 1.82) is 0 Å². The van der Waals surface area contributed by atoms with Crippen molar-refractivity contribution in [2.45, 2.75) is 31.5 Å². The summed E-state index contributed by atoms with van der Waals surface area (Å²) in [4.78, 5) is 17.3. The van der Waals surface area contributed by atoms with E-state index in [1.807, 2.05) is 19.1 Å². The first-order chi connectivity index (χ1) is 11.4. The lowest BCUT2D eigenvalue weighted by molar-refractivity contribution is 0.583. The Hall–Kier alpha value is -0.900. The Bertz CT molecular complexity index is 881. The SMILES string of the molecule is CCCn1c(SCCCS(=O)(=O)NC)nc2ccc(Br)cc2c1=O. The zero-order valence-corrected chi connectivity index (χ0v) is 16.8. The van der Waals surface area contributed by atoms with E-state index >= 15 is 0 Å². The third-order valence-electron chi connectivity index (χ3n) is 3.43. The molecule has 0 spiro atoms. The summed E-state index contributed by atoms with van der Waals surface area (Å²) in [5.41, 5.74) is 0.592. The fourth-order valence-corrected chi connectivity index (χ4v) is 4.45. The Balaban J connectivity index is 2.26. The molecule has 1 N–H and O–H groups in total. The minimum Gasteiger partial charge on any atom is -0.287 e. The van der Waals surface area contributed by atoms with E-state index in [1.54, 1.807) is 10.6 Å². The van der Waals surface area contributed by atoms with Crippen LogP contribution in [0.5, 0.6) is 0 Å². The van der Waals surface area contributed by atoms with Crippen molar-refractivity contribution in [3.8, 4) is 0 Å². The predicted molar refractivity (Wildman–Crippen MR) is 102 cm³/mol. The number of thioether (sulfide) groups is 1. The zero-order valence-electron chi connectivity index (χ0n) is 13.6. The van der Waals surface area contributed by atoms with E-state index in [1.165, 1.54) is 18.8 Å². The van der Waals surface area contributed by atoms with Crippen molar-refractivity contribution in [2.75, 3.05) is 18.6 Å². The third kappa shape index (κ3) is 4.81. The van der Waals surface area contributed by atoms with Crippen LogP contribution in [0, 0.1) is 0 Å². The first kappa shape index (κ1) is 19.4. The molecular formula is C15H20BrN3O3S2. The summed E-state index contributed by atoms with van der Waals surface area (Å²) in [5, 5.41) is 1.22. The fraction of sp³-hybridized carbons (Fsp3) is 0.467. The number of rotatable bonds is 8. The molecule has 0 amide bonds. The quantitative estimate of drug-likeness (QED) is 0.393. The van der Waals surface area contributed by atoms with Gasteiger partial charge < -0.3 is 0 Å². The van der Waals surface area contributed by atoms with Gasteiger partial charge in [0.1, 0.15) is 0 Å². The van der Waals surface area contributed by atoms with Crippen LogP contribution in [0.3, 0.4) is 0 Å². The Kier molecular flexibility index (Phi) is 6.85. The molecule has 1 aromatic heterocycles. The van der Waals surface area contributed by atoms with Gasteiger partial charge in [0.25, 0.3) is 5.56 Å². The van der Waals surface area contributed by atoms with Gasteiger partial charge in [-0.25, -0.2) is 18.1 Å². The highest BCUT2D eigenvalue weighted by Gasteiger charge is 2.12.